The molecule has 132 valence electrons. The SMILES string of the molecule is O=C(N[C@@H](Cc1coc2ccccc12)B(O)O)C1CC12CCOCC2. The van der Waals surface area contributed by atoms with Gasteiger partial charge in [0.15, 0.2) is 0 Å². The van der Waals surface area contributed by atoms with Crippen molar-refractivity contribution in [2.75, 3.05) is 13.2 Å². The number of hydrogen-bond acceptors (Lipinski definition) is 5. The Kier molecular flexibility index (Phi) is 4.31. The summed E-state index contributed by atoms with van der Waals surface area (Å²) < 4.78 is 10.9. The molecule has 0 radical (unpaired) electrons. The average Bonchev–Trinajstić information content (AvgIpc) is 3.15. The Morgan fingerprint density at radius 1 is 1.32 bits per heavy atom. The number of benzene rings is 1. The fourth-order valence-corrected chi connectivity index (χ4v) is 3.99. The summed E-state index contributed by atoms with van der Waals surface area (Å²) in [5, 5.41) is 23.2. The molecule has 1 aliphatic heterocycles. The lowest BCUT2D eigenvalue weighted by Crippen LogP contribution is -2.49. The molecule has 2 aromatic rings. The number of fused-ring (bicyclic) bond motifs is 1. The first kappa shape index (κ1) is 16.6. The predicted octanol–water partition coefficient (Wildman–Crippen LogP) is 1.29. The van der Waals surface area contributed by atoms with Crippen LogP contribution in [0, 0.1) is 11.3 Å². The lowest BCUT2D eigenvalue weighted by molar-refractivity contribution is -0.124. The summed E-state index contributed by atoms with van der Waals surface area (Å²) in [5.41, 5.74) is 1.67. The summed E-state index contributed by atoms with van der Waals surface area (Å²) in [5.74, 6) is -0.891. The van der Waals surface area contributed by atoms with E-state index in [-0.39, 0.29) is 17.2 Å². The third-order valence-electron chi connectivity index (χ3n) is 5.68. The zero-order chi connectivity index (χ0) is 17.4. The van der Waals surface area contributed by atoms with Gasteiger partial charge in [-0.1, -0.05) is 18.2 Å². The van der Waals surface area contributed by atoms with E-state index >= 15 is 0 Å². The van der Waals surface area contributed by atoms with Gasteiger partial charge < -0.3 is 24.5 Å². The summed E-state index contributed by atoms with van der Waals surface area (Å²) in [6.45, 7) is 1.41. The van der Waals surface area contributed by atoms with Crippen molar-refractivity contribution in [3.05, 3.63) is 36.1 Å². The zero-order valence-corrected chi connectivity index (χ0v) is 14.0. The first-order chi connectivity index (χ1) is 12.1. The number of rotatable bonds is 5. The van der Waals surface area contributed by atoms with Crippen molar-refractivity contribution < 1.29 is 24.0 Å². The summed E-state index contributed by atoms with van der Waals surface area (Å²) in [7, 11) is -1.62. The van der Waals surface area contributed by atoms with Crippen molar-refractivity contribution in [2.24, 2.45) is 11.3 Å². The second-order valence-electron chi connectivity index (χ2n) is 7.22. The zero-order valence-electron chi connectivity index (χ0n) is 14.0. The predicted molar refractivity (Wildman–Crippen MR) is 92.6 cm³/mol. The number of nitrogens with one attached hydrogen (secondary N) is 1. The molecule has 2 heterocycles. The fraction of sp³-hybridized carbons (Fsp3) is 0.500. The molecule has 4 rings (SSSR count). The highest BCUT2D eigenvalue weighted by Crippen LogP contribution is 2.59. The van der Waals surface area contributed by atoms with Crippen LogP contribution in [0.15, 0.2) is 34.9 Å². The highest BCUT2D eigenvalue weighted by atomic mass is 16.5. The van der Waals surface area contributed by atoms with Crippen molar-refractivity contribution in [3.8, 4) is 0 Å². The first-order valence-electron chi connectivity index (χ1n) is 8.78. The summed E-state index contributed by atoms with van der Waals surface area (Å²) in [6.07, 6.45) is 4.60. The number of hydrogen-bond donors (Lipinski definition) is 3. The van der Waals surface area contributed by atoms with Gasteiger partial charge in [0, 0.05) is 24.5 Å². The standard InChI is InChI=1S/C18H22BNO5/c21-17(14-10-18(14)5-7-24-8-6-18)20-16(19(22)23)9-12-11-25-15-4-2-1-3-13(12)15/h1-4,11,14,16,22-23H,5-10H2,(H,20,21)/t14?,16-/m0/s1. The quantitative estimate of drug-likeness (QED) is 0.712. The Balaban J connectivity index is 1.44. The molecule has 1 aliphatic carbocycles. The maximum atomic E-state index is 12.6. The number of carbonyl (C=O) groups is 1. The van der Waals surface area contributed by atoms with Crippen LogP contribution in [0.5, 0.6) is 0 Å². The Labute approximate surface area is 146 Å². The molecule has 0 bridgehead atoms. The molecule has 6 nitrogen and oxygen atoms in total. The van der Waals surface area contributed by atoms with Crippen LogP contribution >= 0.6 is 0 Å². The number of furan rings is 1. The molecule has 7 heteroatoms. The smallest absolute Gasteiger partial charge is 0.464 e. The van der Waals surface area contributed by atoms with Crippen LogP contribution in [0.2, 0.25) is 0 Å². The van der Waals surface area contributed by atoms with Gasteiger partial charge in [-0.25, -0.2) is 0 Å². The summed E-state index contributed by atoms with van der Waals surface area (Å²) in [4.78, 5) is 12.6. The van der Waals surface area contributed by atoms with Crippen LogP contribution in [-0.4, -0.2) is 42.2 Å². The minimum absolute atomic E-state index is 0.0428. The molecule has 1 amide bonds. The van der Waals surface area contributed by atoms with Gasteiger partial charge in [0.1, 0.15) is 5.58 Å². The van der Waals surface area contributed by atoms with Crippen LogP contribution in [0.3, 0.4) is 0 Å². The number of para-hydroxylation sites is 1. The Hall–Kier alpha value is -1.83. The summed E-state index contributed by atoms with van der Waals surface area (Å²) >= 11 is 0. The van der Waals surface area contributed by atoms with Crippen molar-refractivity contribution >= 4 is 24.0 Å². The molecule has 1 aromatic heterocycles. The molecule has 1 saturated heterocycles. The average molecular weight is 343 g/mol. The van der Waals surface area contributed by atoms with Gasteiger partial charge in [-0.3, -0.25) is 4.79 Å². The van der Waals surface area contributed by atoms with Crippen molar-refractivity contribution in [3.63, 3.8) is 0 Å². The van der Waals surface area contributed by atoms with Gasteiger partial charge in [-0.15, -0.1) is 0 Å². The largest absolute Gasteiger partial charge is 0.475 e. The fourth-order valence-electron chi connectivity index (χ4n) is 3.99. The molecule has 3 N–H and O–H groups in total. The van der Waals surface area contributed by atoms with E-state index in [1.54, 1.807) is 6.26 Å². The molecule has 1 unspecified atom stereocenters. The maximum Gasteiger partial charge on any atom is 0.475 e. The van der Waals surface area contributed by atoms with Crippen LogP contribution in [0.1, 0.15) is 24.8 Å². The Bertz CT molecular complexity index is 768. The monoisotopic (exact) mass is 343 g/mol. The van der Waals surface area contributed by atoms with Crippen molar-refractivity contribution in [1.82, 2.24) is 5.32 Å². The molecule has 1 aromatic carbocycles. The van der Waals surface area contributed by atoms with Gasteiger partial charge in [-0.2, -0.15) is 0 Å². The number of carbonyl (C=O) groups excluding carboxylic acids is 1. The third kappa shape index (κ3) is 3.19. The third-order valence-corrected chi connectivity index (χ3v) is 5.68. The number of ether oxygens (including phenoxy) is 1. The highest BCUT2D eigenvalue weighted by molar-refractivity contribution is 6.43. The molecular weight excluding hydrogens is 321 g/mol. The lowest BCUT2D eigenvalue weighted by Gasteiger charge is -2.23. The number of amides is 1. The molecule has 1 saturated carbocycles. The molecule has 25 heavy (non-hydrogen) atoms. The van der Waals surface area contributed by atoms with Crippen LogP contribution in [-0.2, 0) is 16.0 Å². The van der Waals surface area contributed by atoms with E-state index in [0.29, 0.717) is 19.6 Å². The summed E-state index contributed by atoms with van der Waals surface area (Å²) in [6, 6.07) is 7.58. The van der Waals surface area contributed by atoms with E-state index in [1.165, 1.54) is 0 Å². The van der Waals surface area contributed by atoms with Gasteiger partial charge >= 0.3 is 7.12 Å². The molecule has 1 spiro atoms. The molecule has 2 aliphatic rings. The maximum absolute atomic E-state index is 12.6. The Morgan fingerprint density at radius 3 is 2.84 bits per heavy atom. The molecule has 2 atom stereocenters. The van der Waals surface area contributed by atoms with E-state index in [2.05, 4.69) is 5.32 Å². The van der Waals surface area contributed by atoms with Crippen molar-refractivity contribution in [1.29, 1.82) is 0 Å². The van der Waals surface area contributed by atoms with E-state index in [9.17, 15) is 14.8 Å². The van der Waals surface area contributed by atoms with E-state index in [1.807, 2.05) is 24.3 Å². The highest BCUT2D eigenvalue weighted by Gasteiger charge is 2.58. The van der Waals surface area contributed by atoms with Gasteiger partial charge in [0.2, 0.25) is 5.91 Å². The second kappa shape index (κ2) is 6.48. The normalized spacial score (nSPS) is 22.7. The van der Waals surface area contributed by atoms with Crippen LogP contribution in [0.25, 0.3) is 11.0 Å². The second-order valence-corrected chi connectivity index (χ2v) is 7.22. The topological polar surface area (TPSA) is 91.9 Å². The molecule has 2 fully saturated rings. The van der Waals surface area contributed by atoms with Gasteiger partial charge in [0.05, 0.1) is 12.2 Å². The lowest BCUT2D eigenvalue weighted by atomic mass is 9.75. The van der Waals surface area contributed by atoms with Gasteiger partial charge in [0.25, 0.3) is 0 Å². The van der Waals surface area contributed by atoms with E-state index < -0.39 is 13.1 Å². The van der Waals surface area contributed by atoms with E-state index in [4.69, 9.17) is 9.15 Å². The first-order valence-corrected chi connectivity index (χ1v) is 8.78. The van der Waals surface area contributed by atoms with E-state index in [0.717, 1.165) is 35.8 Å². The van der Waals surface area contributed by atoms with Crippen LogP contribution in [0.4, 0.5) is 0 Å². The van der Waals surface area contributed by atoms with Crippen molar-refractivity contribution in [2.45, 2.75) is 31.6 Å². The minimum atomic E-state index is -1.62. The van der Waals surface area contributed by atoms with Gasteiger partial charge in [-0.05, 0) is 42.7 Å². The minimum Gasteiger partial charge on any atom is -0.464 e. The Morgan fingerprint density at radius 2 is 2.08 bits per heavy atom. The molecular formula is C18H22BNO5. The van der Waals surface area contributed by atoms with Crippen LogP contribution < -0.4 is 5.32 Å².